The number of carbonyl (C=O) groups excluding carboxylic acids is 3. The Morgan fingerprint density at radius 3 is 2.56 bits per heavy atom. The SMILES string of the molecule is COC(=O)c1ccc(C)c(NC(=O)c2ccc(NC(=O)c3ccco3)s2)c1. The fourth-order valence-corrected chi connectivity index (χ4v) is 3.09. The van der Waals surface area contributed by atoms with E-state index in [1.165, 1.54) is 13.4 Å². The summed E-state index contributed by atoms with van der Waals surface area (Å²) in [7, 11) is 1.30. The summed E-state index contributed by atoms with van der Waals surface area (Å²) in [5.74, 6) is -1.03. The zero-order chi connectivity index (χ0) is 19.4. The van der Waals surface area contributed by atoms with Crippen LogP contribution in [0.5, 0.6) is 0 Å². The highest BCUT2D eigenvalue weighted by atomic mass is 32.1. The third kappa shape index (κ3) is 4.24. The van der Waals surface area contributed by atoms with Gasteiger partial charge in [0.15, 0.2) is 5.76 Å². The predicted molar refractivity (Wildman–Crippen MR) is 101 cm³/mol. The molecule has 0 aliphatic rings. The molecule has 0 atom stereocenters. The van der Waals surface area contributed by atoms with Crippen LogP contribution in [-0.4, -0.2) is 24.9 Å². The Kier molecular flexibility index (Phi) is 5.37. The van der Waals surface area contributed by atoms with Crippen LogP contribution in [0.2, 0.25) is 0 Å². The summed E-state index contributed by atoms with van der Waals surface area (Å²) < 4.78 is 9.72. The van der Waals surface area contributed by atoms with Crippen molar-refractivity contribution in [2.24, 2.45) is 0 Å². The minimum Gasteiger partial charge on any atom is -0.465 e. The lowest BCUT2D eigenvalue weighted by atomic mass is 10.1. The largest absolute Gasteiger partial charge is 0.465 e. The molecule has 2 amide bonds. The van der Waals surface area contributed by atoms with Gasteiger partial charge in [0, 0.05) is 5.69 Å². The topological polar surface area (TPSA) is 97.6 Å². The summed E-state index contributed by atoms with van der Waals surface area (Å²) in [6.45, 7) is 1.82. The second-order valence-electron chi connectivity index (χ2n) is 5.57. The molecule has 0 saturated carbocycles. The van der Waals surface area contributed by atoms with Crippen LogP contribution in [0.25, 0.3) is 0 Å². The second-order valence-corrected chi connectivity index (χ2v) is 6.65. The Bertz CT molecular complexity index is 991. The van der Waals surface area contributed by atoms with E-state index in [4.69, 9.17) is 9.15 Å². The van der Waals surface area contributed by atoms with Crippen LogP contribution in [0.15, 0.2) is 53.1 Å². The lowest BCUT2D eigenvalue weighted by molar-refractivity contribution is 0.0600. The first-order valence-electron chi connectivity index (χ1n) is 7.93. The van der Waals surface area contributed by atoms with Gasteiger partial charge in [0.25, 0.3) is 11.8 Å². The molecule has 0 aliphatic carbocycles. The smallest absolute Gasteiger partial charge is 0.337 e. The fraction of sp³-hybridized carbons (Fsp3) is 0.105. The molecule has 0 saturated heterocycles. The van der Waals surface area contributed by atoms with Crippen molar-refractivity contribution in [2.45, 2.75) is 6.92 Å². The Labute approximate surface area is 159 Å². The number of anilines is 2. The lowest BCUT2D eigenvalue weighted by Gasteiger charge is -2.09. The Balaban J connectivity index is 1.71. The number of ether oxygens (including phenoxy) is 1. The van der Waals surface area contributed by atoms with E-state index in [2.05, 4.69) is 10.6 Å². The normalized spacial score (nSPS) is 10.3. The van der Waals surface area contributed by atoms with E-state index in [9.17, 15) is 14.4 Å². The molecular formula is C19H16N2O5S. The maximum absolute atomic E-state index is 12.5. The van der Waals surface area contributed by atoms with Crippen LogP contribution in [-0.2, 0) is 4.74 Å². The molecule has 3 rings (SSSR count). The highest BCUT2D eigenvalue weighted by Crippen LogP contribution is 2.25. The third-order valence-electron chi connectivity index (χ3n) is 3.72. The average molecular weight is 384 g/mol. The number of rotatable bonds is 5. The maximum Gasteiger partial charge on any atom is 0.337 e. The van der Waals surface area contributed by atoms with Crippen LogP contribution in [0.1, 0.15) is 36.1 Å². The van der Waals surface area contributed by atoms with Crippen LogP contribution in [0, 0.1) is 6.92 Å². The van der Waals surface area contributed by atoms with Crippen molar-refractivity contribution >= 4 is 39.8 Å². The average Bonchev–Trinajstić information content (AvgIpc) is 3.34. The lowest BCUT2D eigenvalue weighted by Crippen LogP contribution is -2.12. The Morgan fingerprint density at radius 1 is 1.04 bits per heavy atom. The first-order valence-corrected chi connectivity index (χ1v) is 8.74. The number of hydrogen-bond acceptors (Lipinski definition) is 6. The van der Waals surface area contributed by atoms with E-state index in [0.717, 1.165) is 16.9 Å². The molecule has 138 valence electrons. The van der Waals surface area contributed by atoms with Gasteiger partial charge in [-0.25, -0.2) is 4.79 Å². The first kappa shape index (κ1) is 18.4. The number of esters is 1. The fourth-order valence-electron chi connectivity index (χ4n) is 2.29. The molecule has 2 heterocycles. The van der Waals surface area contributed by atoms with E-state index in [1.54, 1.807) is 42.5 Å². The number of hydrogen-bond donors (Lipinski definition) is 2. The molecule has 0 aliphatic heterocycles. The summed E-state index contributed by atoms with van der Waals surface area (Å²) in [6.07, 6.45) is 1.41. The van der Waals surface area contributed by atoms with Crippen molar-refractivity contribution in [3.05, 3.63) is 70.5 Å². The molecule has 7 nitrogen and oxygen atoms in total. The monoisotopic (exact) mass is 384 g/mol. The molecule has 0 unspecified atom stereocenters. The number of amides is 2. The molecule has 1 aromatic carbocycles. The molecule has 0 bridgehead atoms. The van der Waals surface area contributed by atoms with Crippen LogP contribution in [0.3, 0.4) is 0 Å². The number of thiophene rings is 1. The van der Waals surface area contributed by atoms with E-state index in [0.29, 0.717) is 21.1 Å². The molecular weight excluding hydrogens is 368 g/mol. The third-order valence-corrected chi connectivity index (χ3v) is 4.72. The van der Waals surface area contributed by atoms with Gasteiger partial charge in [0.05, 0.1) is 28.8 Å². The van der Waals surface area contributed by atoms with E-state index in [-0.39, 0.29) is 11.7 Å². The van der Waals surface area contributed by atoms with Gasteiger partial charge in [-0.2, -0.15) is 0 Å². The number of aryl methyl sites for hydroxylation is 1. The highest BCUT2D eigenvalue weighted by Gasteiger charge is 2.15. The van der Waals surface area contributed by atoms with Gasteiger partial charge in [-0.3, -0.25) is 9.59 Å². The molecule has 8 heteroatoms. The number of methoxy groups -OCH3 is 1. The second kappa shape index (κ2) is 7.88. The van der Waals surface area contributed by atoms with Crippen LogP contribution >= 0.6 is 11.3 Å². The van der Waals surface area contributed by atoms with E-state index < -0.39 is 11.9 Å². The first-order chi connectivity index (χ1) is 13.0. The van der Waals surface area contributed by atoms with Gasteiger partial charge >= 0.3 is 5.97 Å². The van der Waals surface area contributed by atoms with Gasteiger partial charge < -0.3 is 19.8 Å². The minimum absolute atomic E-state index is 0.185. The summed E-state index contributed by atoms with van der Waals surface area (Å²) in [5.41, 5.74) is 1.66. The van der Waals surface area contributed by atoms with Gasteiger partial charge in [-0.15, -0.1) is 11.3 Å². The van der Waals surface area contributed by atoms with Gasteiger partial charge in [-0.05, 0) is 48.9 Å². The van der Waals surface area contributed by atoms with E-state index >= 15 is 0 Å². The van der Waals surface area contributed by atoms with Gasteiger partial charge in [0.1, 0.15) is 0 Å². The van der Waals surface area contributed by atoms with Crippen molar-refractivity contribution < 1.29 is 23.5 Å². The highest BCUT2D eigenvalue weighted by molar-refractivity contribution is 7.18. The number of furan rings is 1. The molecule has 2 N–H and O–H groups in total. The van der Waals surface area contributed by atoms with E-state index in [1.807, 2.05) is 6.92 Å². The zero-order valence-corrected chi connectivity index (χ0v) is 15.4. The summed E-state index contributed by atoms with van der Waals surface area (Å²) in [5, 5.41) is 5.96. The predicted octanol–water partition coefficient (Wildman–Crippen LogP) is 3.94. The molecule has 3 aromatic rings. The van der Waals surface area contributed by atoms with Crippen molar-refractivity contribution in [1.29, 1.82) is 0 Å². The standard InChI is InChI=1S/C19H16N2O5S/c1-11-5-6-12(19(24)25-2)10-13(11)20-18(23)15-7-8-16(27-15)21-17(22)14-4-3-9-26-14/h3-10H,1-2H3,(H,20,23)(H,21,22). The zero-order valence-electron chi connectivity index (χ0n) is 14.6. The quantitative estimate of drug-likeness (QED) is 0.649. The molecule has 0 fully saturated rings. The van der Waals surface area contributed by atoms with Crippen molar-refractivity contribution in [3.8, 4) is 0 Å². The summed E-state index contributed by atoms with van der Waals surface area (Å²) in [4.78, 5) is 36.5. The summed E-state index contributed by atoms with van der Waals surface area (Å²) in [6, 6.07) is 11.3. The molecule has 0 radical (unpaired) electrons. The maximum atomic E-state index is 12.5. The van der Waals surface area contributed by atoms with Gasteiger partial charge in [0.2, 0.25) is 0 Å². The molecule has 0 spiro atoms. The molecule has 2 aromatic heterocycles. The van der Waals surface area contributed by atoms with Crippen molar-refractivity contribution in [1.82, 2.24) is 0 Å². The minimum atomic E-state index is -0.482. The molecule has 27 heavy (non-hydrogen) atoms. The van der Waals surface area contributed by atoms with Gasteiger partial charge in [-0.1, -0.05) is 6.07 Å². The Morgan fingerprint density at radius 2 is 1.85 bits per heavy atom. The van der Waals surface area contributed by atoms with Crippen LogP contribution in [0.4, 0.5) is 10.7 Å². The van der Waals surface area contributed by atoms with Crippen molar-refractivity contribution in [3.63, 3.8) is 0 Å². The van der Waals surface area contributed by atoms with Crippen LogP contribution < -0.4 is 10.6 Å². The number of carbonyl (C=O) groups is 3. The number of nitrogens with one attached hydrogen (secondary N) is 2. The van der Waals surface area contributed by atoms with Crippen molar-refractivity contribution in [2.75, 3.05) is 17.7 Å². The number of benzene rings is 1. The summed E-state index contributed by atoms with van der Waals surface area (Å²) >= 11 is 1.13. The Hall–Kier alpha value is -3.39.